The highest BCUT2D eigenvalue weighted by Crippen LogP contribution is 2.29. The first kappa shape index (κ1) is 17.4. The fraction of sp³-hybridized carbons (Fsp3) is 0.522. The largest absolute Gasteiger partial charge is 0.355 e. The summed E-state index contributed by atoms with van der Waals surface area (Å²) in [6.07, 6.45) is 11.5. The Hall–Kier alpha value is -2.47. The van der Waals surface area contributed by atoms with Gasteiger partial charge in [0.25, 0.3) is 0 Å². The van der Waals surface area contributed by atoms with Crippen LogP contribution >= 0.6 is 0 Å². The molecule has 0 amide bonds. The summed E-state index contributed by atoms with van der Waals surface area (Å²) in [4.78, 5) is 19.4. The molecular weight excluding hydrogens is 360 g/mol. The molecule has 6 nitrogen and oxygen atoms in total. The van der Waals surface area contributed by atoms with Crippen LogP contribution in [0, 0.1) is 0 Å². The van der Waals surface area contributed by atoms with Gasteiger partial charge in [-0.3, -0.25) is 9.88 Å². The first-order valence-corrected chi connectivity index (χ1v) is 11.2. The lowest BCUT2D eigenvalue weighted by molar-refractivity contribution is 0.130. The predicted octanol–water partition coefficient (Wildman–Crippen LogP) is 3.50. The second-order valence-corrected chi connectivity index (χ2v) is 8.71. The lowest BCUT2D eigenvalue weighted by atomic mass is 9.91. The Morgan fingerprint density at radius 3 is 2.59 bits per heavy atom. The van der Waals surface area contributed by atoms with Gasteiger partial charge in [-0.15, -0.1) is 0 Å². The maximum absolute atomic E-state index is 4.96. The van der Waals surface area contributed by atoms with Crippen LogP contribution < -0.4 is 4.90 Å². The average Bonchev–Trinajstić information content (AvgIpc) is 3.32. The second-order valence-electron chi connectivity index (χ2n) is 8.71. The SMILES string of the molecule is c1cc2nc3n(c2cc1-c1cncc(N2CCCC2)n1)CCN(C1CCC1)CC3. The second kappa shape index (κ2) is 7.10. The highest BCUT2D eigenvalue weighted by molar-refractivity contribution is 5.82. The minimum Gasteiger partial charge on any atom is -0.355 e. The fourth-order valence-electron chi connectivity index (χ4n) is 5.07. The van der Waals surface area contributed by atoms with Gasteiger partial charge >= 0.3 is 0 Å². The number of anilines is 1. The quantitative estimate of drug-likeness (QED) is 0.687. The van der Waals surface area contributed by atoms with Crippen molar-refractivity contribution in [1.82, 2.24) is 24.4 Å². The summed E-state index contributed by atoms with van der Waals surface area (Å²) in [6, 6.07) is 7.38. The maximum atomic E-state index is 4.96. The molecular formula is C23H28N6. The van der Waals surface area contributed by atoms with Crippen LogP contribution in [0.25, 0.3) is 22.3 Å². The van der Waals surface area contributed by atoms with Crippen LogP contribution in [0.15, 0.2) is 30.6 Å². The molecule has 0 unspecified atom stereocenters. The molecule has 0 radical (unpaired) electrons. The van der Waals surface area contributed by atoms with Crippen LogP contribution in [-0.2, 0) is 13.0 Å². The number of aromatic nitrogens is 4. The lowest BCUT2D eigenvalue weighted by Gasteiger charge is -2.36. The van der Waals surface area contributed by atoms with Crippen molar-refractivity contribution in [2.24, 2.45) is 0 Å². The summed E-state index contributed by atoms with van der Waals surface area (Å²) in [5.74, 6) is 2.24. The average molecular weight is 389 g/mol. The monoisotopic (exact) mass is 388 g/mol. The van der Waals surface area contributed by atoms with Gasteiger partial charge < -0.3 is 9.47 Å². The molecule has 3 aliphatic rings. The zero-order valence-corrected chi connectivity index (χ0v) is 16.9. The van der Waals surface area contributed by atoms with E-state index in [9.17, 15) is 0 Å². The molecule has 6 heteroatoms. The molecule has 2 fully saturated rings. The molecule has 29 heavy (non-hydrogen) atoms. The van der Waals surface area contributed by atoms with Crippen LogP contribution in [0.1, 0.15) is 37.9 Å². The number of imidazole rings is 1. The Balaban J connectivity index is 1.32. The molecule has 3 aromatic rings. The molecule has 1 aromatic carbocycles. The summed E-state index contributed by atoms with van der Waals surface area (Å²) in [5.41, 5.74) is 4.43. The smallest absolute Gasteiger partial charge is 0.147 e. The minimum absolute atomic E-state index is 0.810. The Morgan fingerprint density at radius 2 is 1.76 bits per heavy atom. The van der Waals surface area contributed by atoms with Crippen molar-refractivity contribution in [2.45, 2.75) is 51.1 Å². The van der Waals surface area contributed by atoms with Crippen LogP contribution in [-0.4, -0.2) is 56.6 Å². The Morgan fingerprint density at radius 1 is 0.862 bits per heavy atom. The van der Waals surface area contributed by atoms with Crippen molar-refractivity contribution < 1.29 is 0 Å². The van der Waals surface area contributed by atoms with Crippen molar-refractivity contribution in [1.29, 1.82) is 0 Å². The van der Waals surface area contributed by atoms with Crippen molar-refractivity contribution in [3.8, 4) is 11.3 Å². The number of rotatable bonds is 3. The first-order chi connectivity index (χ1) is 14.3. The third kappa shape index (κ3) is 3.10. The molecule has 0 atom stereocenters. The third-order valence-electron chi connectivity index (χ3n) is 7.00. The van der Waals surface area contributed by atoms with Gasteiger partial charge in [-0.05, 0) is 37.8 Å². The lowest BCUT2D eigenvalue weighted by Crippen LogP contribution is -2.41. The van der Waals surface area contributed by atoms with E-state index >= 15 is 0 Å². The number of fused-ring (bicyclic) bond motifs is 3. The Bertz CT molecular complexity index is 1030. The summed E-state index contributed by atoms with van der Waals surface area (Å²) < 4.78 is 2.44. The highest BCUT2D eigenvalue weighted by atomic mass is 15.2. The topological polar surface area (TPSA) is 50.1 Å². The van der Waals surface area contributed by atoms with Crippen LogP contribution in [0.4, 0.5) is 5.82 Å². The van der Waals surface area contributed by atoms with E-state index in [0.29, 0.717) is 0 Å². The van der Waals surface area contributed by atoms with Gasteiger partial charge in [0.1, 0.15) is 11.6 Å². The standard InChI is InChI=1S/C23H28N6/c1-2-10-28(9-1)23-16-24-15-20(26-23)17-6-7-19-21(14-17)29-13-12-27(18-4-3-5-18)11-8-22(29)25-19/h6-7,14-16,18H,1-5,8-13H2. The van der Waals surface area contributed by atoms with Crippen LogP contribution in [0.5, 0.6) is 0 Å². The van der Waals surface area contributed by atoms with E-state index in [1.807, 2.05) is 12.4 Å². The van der Waals surface area contributed by atoms with Gasteiger partial charge in [0.2, 0.25) is 0 Å². The summed E-state index contributed by atoms with van der Waals surface area (Å²) in [7, 11) is 0. The zero-order chi connectivity index (χ0) is 19.2. The van der Waals surface area contributed by atoms with Gasteiger partial charge in [-0.1, -0.05) is 12.5 Å². The van der Waals surface area contributed by atoms with E-state index in [4.69, 9.17) is 9.97 Å². The molecule has 4 heterocycles. The molecule has 1 aliphatic carbocycles. The number of nitrogens with zero attached hydrogens (tertiary/aromatic N) is 6. The first-order valence-electron chi connectivity index (χ1n) is 11.2. The third-order valence-corrected chi connectivity index (χ3v) is 7.00. The molecule has 6 rings (SSSR count). The zero-order valence-electron chi connectivity index (χ0n) is 16.9. The van der Waals surface area contributed by atoms with Gasteiger partial charge in [0, 0.05) is 50.7 Å². The van der Waals surface area contributed by atoms with Crippen molar-refractivity contribution in [3.63, 3.8) is 0 Å². The Kier molecular flexibility index (Phi) is 4.26. The normalized spacial score (nSPS) is 20.6. The summed E-state index contributed by atoms with van der Waals surface area (Å²) in [6.45, 7) is 5.49. The predicted molar refractivity (Wildman–Crippen MR) is 115 cm³/mol. The molecule has 0 N–H and O–H groups in total. The van der Waals surface area contributed by atoms with E-state index in [2.05, 4.69) is 37.5 Å². The number of benzene rings is 1. The minimum atomic E-state index is 0.810. The fourth-order valence-corrected chi connectivity index (χ4v) is 5.07. The van der Waals surface area contributed by atoms with Gasteiger partial charge in [0.05, 0.1) is 29.1 Å². The van der Waals surface area contributed by atoms with Gasteiger partial charge in [-0.2, -0.15) is 0 Å². The molecule has 0 spiro atoms. The van der Waals surface area contributed by atoms with Gasteiger partial charge in [0.15, 0.2) is 0 Å². The molecule has 0 bridgehead atoms. The molecule has 1 saturated heterocycles. The molecule has 2 aliphatic heterocycles. The van der Waals surface area contributed by atoms with E-state index in [1.54, 1.807) is 0 Å². The molecule has 1 saturated carbocycles. The summed E-state index contributed by atoms with van der Waals surface area (Å²) in [5, 5.41) is 0. The summed E-state index contributed by atoms with van der Waals surface area (Å²) >= 11 is 0. The molecule has 150 valence electrons. The van der Waals surface area contributed by atoms with Crippen LogP contribution in [0.2, 0.25) is 0 Å². The van der Waals surface area contributed by atoms with E-state index in [-0.39, 0.29) is 0 Å². The van der Waals surface area contributed by atoms with Crippen molar-refractivity contribution in [3.05, 3.63) is 36.4 Å². The number of hydrogen-bond acceptors (Lipinski definition) is 5. The molecule has 2 aromatic heterocycles. The number of hydrogen-bond donors (Lipinski definition) is 0. The highest BCUT2D eigenvalue weighted by Gasteiger charge is 2.27. The van der Waals surface area contributed by atoms with E-state index in [0.717, 1.165) is 67.8 Å². The van der Waals surface area contributed by atoms with E-state index < -0.39 is 0 Å². The van der Waals surface area contributed by atoms with Gasteiger partial charge in [-0.25, -0.2) is 9.97 Å². The van der Waals surface area contributed by atoms with Crippen LogP contribution in [0.3, 0.4) is 0 Å². The van der Waals surface area contributed by atoms with Crippen molar-refractivity contribution in [2.75, 3.05) is 31.1 Å². The van der Waals surface area contributed by atoms with Crippen molar-refractivity contribution >= 4 is 16.9 Å². The van der Waals surface area contributed by atoms with E-state index in [1.165, 1.54) is 43.4 Å². The Labute approximate surface area is 171 Å². The maximum Gasteiger partial charge on any atom is 0.147 e.